The first-order valence-electron chi connectivity index (χ1n) is 4.78. The van der Waals surface area contributed by atoms with E-state index < -0.39 is 10.7 Å². The van der Waals surface area contributed by atoms with Crippen molar-refractivity contribution in [3.05, 3.63) is 39.7 Å². The predicted octanol–water partition coefficient (Wildman–Crippen LogP) is 2.02. The van der Waals surface area contributed by atoms with Crippen LogP contribution in [-0.2, 0) is 6.42 Å². The zero-order valence-corrected chi connectivity index (χ0v) is 8.28. The van der Waals surface area contributed by atoms with Crippen molar-refractivity contribution in [2.24, 2.45) is 5.73 Å². The van der Waals surface area contributed by atoms with Gasteiger partial charge in [-0.3, -0.25) is 10.1 Å². The fraction of sp³-hybridized carbons (Fsp3) is 0.400. The third-order valence-electron chi connectivity index (χ3n) is 2.17. The van der Waals surface area contributed by atoms with Crippen LogP contribution in [0.25, 0.3) is 0 Å². The maximum atomic E-state index is 13.3. The Kier molecular flexibility index (Phi) is 4.17. The highest BCUT2D eigenvalue weighted by molar-refractivity contribution is 5.40. The van der Waals surface area contributed by atoms with Gasteiger partial charge in [-0.25, -0.2) is 4.39 Å². The van der Waals surface area contributed by atoms with E-state index in [1.165, 1.54) is 18.2 Å². The maximum absolute atomic E-state index is 13.3. The van der Waals surface area contributed by atoms with E-state index in [2.05, 4.69) is 0 Å². The number of halogens is 1. The van der Waals surface area contributed by atoms with Crippen molar-refractivity contribution < 1.29 is 9.31 Å². The van der Waals surface area contributed by atoms with Gasteiger partial charge in [0.05, 0.1) is 10.5 Å². The minimum atomic E-state index is -0.555. The Morgan fingerprint density at radius 1 is 1.40 bits per heavy atom. The lowest BCUT2D eigenvalue weighted by Crippen LogP contribution is -2.02. The van der Waals surface area contributed by atoms with Gasteiger partial charge in [0.25, 0.3) is 5.69 Å². The lowest BCUT2D eigenvalue weighted by atomic mass is 10.1. The second kappa shape index (κ2) is 5.41. The summed E-state index contributed by atoms with van der Waals surface area (Å²) in [5.74, 6) is -0.513. The molecule has 1 aromatic rings. The molecule has 15 heavy (non-hydrogen) atoms. The maximum Gasteiger partial charge on any atom is 0.275 e. The van der Waals surface area contributed by atoms with Crippen molar-refractivity contribution in [2.75, 3.05) is 6.54 Å². The molecule has 0 aliphatic rings. The minimum Gasteiger partial charge on any atom is -0.330 e. The Hall–Kier alpha value is -1.49. The topological polar surface area (TPSA) is 69.2 Å². The monoisotopic (exact) mass is 212 g/mol. The molecule has 0 fully saturated rings. The van der Waals surface area contributed by atoms with Crippen LogP contribution in [-0.4, -0.2) is 11.5 Å². The van der Waals surface area contributed by atoms with Crippen LogP contribution in [0.5, 0.6) is 0 Å². The molecule has 1 rings (SSSR count). The van der Waals surface area contributed by atoms with Crippen LogP contribution >= 0.6 is 0 Å². The van der Waals surface area contributed by atoms with Crippen LogP contribution < -0.4 is 5.73 Å². The smallest absolute Gasteiger partial charge is 0.275 e. The van der Waals surface area contributed by atoms with Crippen molar-refractivity contribution in [2.45, 2.75) is 19.3 Å². The Balaban J connectivity index is 2.87. The van der Waals surface area contributed by atoms with Crippen LogP contribution in [0.4, 0.5) is 10.1 Å². The molecule has 4 nitrogen and oxygen atoms in total. The summed E-state index contributed by atoms with van der Waals surface area (Å²) in [6.07, 6.45) is 1.77. The minimum absolute atomic E-state index is 0.146. The summed E-state index contributed by atoms with van der Waals surface area (Å²) in [6.45, 7) is 0.516. The number of hydrogen-bond acceptors (Lipinski definition) is 3. The van der Waals surface area contributed by atoms with Crippen molar-refractivity contribution in [1.82, 2.24) is 0 Å². The zero-order chi connectivity index (χ0) is 11.3. The standard InChI is InChI=1S/C10H13FN2O2/c11-9-5-3-6-10(13(14)15)8(9)4-1-2-7-12/h3,5-6H,1-2,4,7,12H2. The molecule has 0 spiro atoms. The van der Waals surface area contributed by atoms with Gasteiger partial charge in [0.2, 0.25) is 0 Å². The Bertz CT molecular complexity index is 355. The normalized spacial score (nSPS) is 10.3. The third-order valence-corrected chi connectivity index (χ3v) is 2.17. The van der Waals surface area contributed by atoms with Crippen molar-refractivity contribution in [3.8, 4) is 0 Å². The first-order valence-corrected chi connectivity index (χ1v) is 4.78. The molecule has 0 aromatic heterocycles. The summed E-state index contributed by atoms with van der Waals surface area (Å²) >= 11 is 0. The fourth-order valence-electron chi connectivity index (χ4n) is 1.41. The SMILES string of the molecule is NCCCCc1c(F)cccc1[N+](=O)[O-]. The largest absolute Gasteiger partial charge is 0.330 e. The van der Waals surface area contributed by atoms with E-state index in [0.717, 1.165) is 6.42 Å². The van der Waals surface area contributed by atoms with E-state index in [4.69, 9.17) is 5.73 Å². The van der Waals surface area contributed by atoms with Gasteiger partial charge in [0, 0.05) is 6.07 Å². The van der Waals surface area contributed by atoms with Gasteiger partial charge in [0.1, 0.15) is 5.82 Å². The molecule has 0 radical (unpaired) electrons. The van der Waals surface area contributed by atoms with Gasteiger partial charge in [-0.1, -0.05) is 6.07 Å². The summed E-state index contributed by atoms with van der Waals surface area (Å²) in [6, 6.07) is 3.91. The summed E-state index contributed by atoms with van der Waals surface area (Å²) in [5.41, 5.74) is 5.33. The summed E-state index contributed by atoms with van der Waals surface area (Å²) < 4.78 is 13.3. The molecule has 0 saturated heterocycles. The van der Waals surface area contributed by atoms with Crippen LogP contribution in [0, 0.1) is 15.9 Å². The van der Waals surface area contributed by atoms with E-state index in [1.807, 2.05) is 0 Å². The molecule has 0 aliphatic heterocycles. The first kappa shape index (κ1) is 11.6. The molecular weight excluding hydrogens is 199 g/mol. The molecule has 2 N–H and O–H groups in total. The molecule has 5 heteroatoms. The van der Waals surface area contributed by atoms with Crippen molar-refractivity contribution >= 4 is 5.69 Å². The quantitative estimate of drug-likeness (QED) is 0.461. The van der Waals surface area contributed by atoms with Gasteiger partial charge in [-0.05, 0) is 31.9 Å². The average molecular weight is 212 g/mol. The van der Waals surface area contributed by atoms with Gasteiger partial charge in [-0.2, -0.15) is 0 Å². The van der Waals surface area contributed by atoms with E-state index in [-0.39, 0.29) is 11.3 Å². The lowest BCUT2D eigenvalue weighted by Gasteiger charge is -2.03. The number of nitrogens with two attached hydrogens (primary N) is 1. The molecule has 82 valence electrons. The van der Waals surface area contributed by atoms with Crippen LogP contribution in [0.15, 0.2) is 18.2 Å². The highest BCUT2D eigenvalue weighted by Gasteiger charge is 2.16. The number of hydrogen-bond donors (Lipinski definition) is 1. The van der Waals surface area contributed by atoms with Crippen LogP contribution in [0.2, 0.25) is 0 Å². The predicted molar refractivity (Wildman–Crippen MR) is 55.0 cm³/mol. The number of benzene rings is 1. The molecular formula is C10H13FN2O2. The highest BCUT2D eigenvalue weighted by Crippen LogP contribution is 2.22. The number of nitro groups is 1. The van der Waals surface area contributed by atoms with Gasteiger partial charge in [-0.15, -0.1) is 0 Å². The highest BCUT2D eigenvalue weighted by atomic mass is 19.1. The molecule has 0 aliphatic carbocycles. The summed E-state index contributed by atoms with van der Waals surface area (Å²) in [7, 11) is 0. The van der Waals surface area contributed by atoms with Crippen LogP contribution in [0.3, 0.4) is 0 Å². The average Bonchev–Trinajstić information content (AvgIpc) is 2.20. The Labute approximate surface area is 87.0 Å². The van der Waals surface area contributed by atoms with Gasteiger partial charge >= 0.3 is 0 Å². The fourth-order valence-corrected chi connectivity index (χ4v) is 1.41. The van der Waals surface area contributed by atoms with E-state index >= 15 is 0 Å². The molecule has 0 atom stereocenters. The molecule has 1 aromatic carbocycles. The Morgan fingerprint density at radius 3 is 2.73 bits per heavy atom. The Morgan fingerprint density at radius 2 is 2.13 bits per heavy atom. The molecule has 0 saturated carbocycles. The van der Waals surface area contributed by atoms with E-state index in [1.54, 1.807) is 0 Å². The lowest BCUT2D eigenvalue weighted by molar-refractivity contribution is -0.385. The van der Waals surface area contributed by atoms with E-state index in [9.17, 15) is 14.5 Å². The summed E-state index contributed by atoms with van der Waals surface area (Å²) in [4.78, 5) is 10.1. The molecule has 0 amide bonds. The number of unbranched alkanes of at least 4 members (excludes halogenated alkanes) is 1. The first-order chi connectivity index (χ1) is 7.16. The molecule has 0 bridgehead atoms. The second-order valence-electron chi connectivity index (χ2n) is 3.24. The number of nitrogens with zero attached hydrogens (tertiary/aromatic N) is 1. The van der Waals surface area contributed by atoms with Gasteiger partial charge < -0.3 is 5.73 Å². The summed E-state index contributed by atoms with van der Waals surface area (Å²) in [5, 5.41) is 10.6. The second-order valence-corrected chi connectivity index (χ2v) is 3.24. The number of rotatable bonds is 5. The van der Waals surface area contributed by atoms with Gasteiger partial charge in [0.15, 0.2) is 0 Å². The van der Waals surface area contributed by atoms with E-state index in [0.29, 0.717) is 19.4 Å². The molecule has 0 unspecified atom stereocenters. The van der Waals surface area contributed by atoms with Crippen molar-refractivity contribution in [1.29, 1.82) is 0 Å². The number of nitro benzene ring substituents is 1. The van der Waals surface area contributed by atoms with Crippen LogP contribution in [0.1, 0.15) is 18.4 Å². The third kappa shape index (κ3) is 2.99. The molecule has 0 heterocycles. The zero-order valence-electron chi connectivity index (χ0n) is 8.28. The van der Waals surface area contributed by atoms with Crippen molar-refractivity contribution in [3.63, 3.8) is 0 Å².